The van der Waals surface area contributed by atoms with Crippen LogP contribution >= 0.6 is 0 Å². The highest BCUT2D eigenvalue weighted by Gasteiger charge is 2.09. The van der Waals surface area contributed by atoms with Crippen LogP contribution in [0.15, 0.2) is 18.2 Å². The minimum Gasteiger partial charge on any atom is -0.495 e. The van der Waals surface area contributed by atoms with E-state index >= 15 is 0 Å². The first kappa shape index (κ1) is 13.5. The van der Waals surface area contributed by atoms with E-state index in [-0.39, 0.29) is 5.91 Å². The van der Waals surface area contributed by atoms with Crippen molar-refractivity contribution in [3.63, 3.8) is 0 Å². The maximum atomic E-state index is 11.5. The Morgan fingerprint density at radius 1 is 1.47 bits per heavy atom. The molecular weight excluding hydrogens is 216 g/mol. The van der Waals surface area contributed by atoms with Crippen molar-refractivity contribution in [1.29, 1.82) is 0 Å². The van der Waals surface area contributed by atoms with Gasteiger partial charge in [0.1, 0.15) is 5.75 Å². The van der Waals surface area contributed by atoms with Crippen LogP contribution in [-0.2, 0) is 4.79 Å². The summed E-state index contributed by atoms with van der Waals surface area (Å²) in [7, 11) is 1.60. The van der Waals surface area contributed by atoms with E-state index in [1.54, 1.807) is 7.11 Å². The summed E-state index contributed by atoms with van der Waals surface area (Å²) in [5.41, 5.74) is 7.19. The molecule has 1 rings (SSSR count). The fraction of sp³-hybridized carbons (Fsp3) is 0.462. The molecule has 1 amide bonds. The van der Waals surface area contributed by atoms with Gasteiger partial charge in [0.15, 0.2) is 0 Å². The number of nitrogens with one attached hydrogen (secondary N) is 1. The average Bonchev–Trinajstić information content (AvgIpc) is 2.29. The highest BCUT2D eigenvalue weighted by atomic mass is 16.5. The number of nitrogens with two attached hydrogens (primary N) is 1. The summed E-state index contributed by atoms with van der Waals surface area (Å²) in [5, 5.41) is 2.78. The third-order valence-electron chi connectivity index (χ3n) is 2.54. The predicted octanol–water partition coefficient (Wildman–Crippen LogP) is 2.11. The Labute approximate surface area is 102 Å². The van der Waals surface area contributed by atoms with Gasteiger partial charge in [-0.05, 0) is 23.6 Å². The Bertz CT molecular complexity index is 389. The lowest BCUT2D eigenvalue weighted by Gasteiger charge is -2.13. The number of amides is 1. The maximum Gasteiger partial charge on any atom is 0.225 e. The van der Waals surface area contributed by atoms with Crippen LogP contribution in [0.1, 0.15) is 31.7 Å². The molecule has 0 fully saturated rings. The number of hydrogen-bond acceptors (Lipinski definition) is 3. The summed E-state index contributed by atoms with van der Waals surface area (Å²) in [5.74, 6) is 1.02. The van der Waals surface area contributed by atoms with Gasteiger partial charge in [0.2, 0.25) is 5.91 Å². The lowest BCUT2D eigenvalue weighted by atomic mass is 10.0. The summed E-state index contributed by atoms with van der Waals surface area (Å²) in [6, 6.07) is 5.80. The lowest BCUT2D eigenvalue weighted by molar-refractivity contribution is -0.116. The van der Waals surface area contributed by atoms with Crippen LogP contribution in [0.2, 0.25) is 0 Å². The highest BCUT2D eigenvalue weighted by Crippen LogP contribution is 2.28. The van der Waals surface area contributed by atoms with E-state index in [9.17, 15) is 4.79 Å². The molecule has 3 N–H and O–H groups in total. The van der Waals surface area contributed by atoms with Crippen LogP contribution in [0.25, 0.3) is 0 Å². The van der Waals surface area contributed by atoms with E-state index < -0.39 is 0 Å². The van der Waals surface area contributed by atoms with Gasteiger partial charge >= 0.3 is 0 Å². The number of rotatable bonds is 5. The Morgan fingerprint density at radius 2 is 2.18 bits per heavy atom. The fourth-order valence-electron chi connectivity index (χ4n) is 1.51. The van der Waals surface area contributed by atoms with Gasteiger partial charge in [-0.2, -0.15) is 0 Å². The zero-order chi connectivity index (χ0) is 12.8. The number of ether oxygens (including phenoxy) is 1. The Kier molecular flexibility index (Phi) is 4.97. The molecule has 1 aromatic rings. The van der Waals surface area contributed by atoms with Crippen molar-refractivity contribution in [1.82, 2.24) is 0 Å². The summed E-state index contributed by atoms with van der Waals surface area (Å²) in [4.78, 5) is 11.5. The van der Waals surface area contributed by atoms with Crippen molar-refractivity contribution in [2.75, 3.05) is 19.0 Å². The standard InChI is InChI=1S/C13H20N2O2/c1-9(2)10-4-5-11(12(8-10)17-3)15-13(16)6-7-14/h4-5,8-9H,6-7,14H2,1-3H3,(H,15,16). The van der Waals surface area contributed by atoms with Crippen LogP contribution in [-0.4, -0.2) is 19.6 Å². The summed E-state index contributed by atoms with van der Waals surface area (Å²) < 4.78 is 5.27. The summed E-state index contributed by atoms with van der Waals surface area (Å²) in [6.45, 7) is 4.57. The maximum absolute atomic E-state index is 11.5. The first-order valence-electron chi connectivity index (χ1n) is 5.76. The second kappa shape index (κ2) is 6.25. The van der Waals surface area contributed by atoms with Crippen molar-refractivity contribution in [2.24, 2.45) is 5.73 Å². The Balaban J connectivity index is 2.89. The van der Waals surface area contributed by atoms with Crippen LogP contribution in [0.3, 0.4) is 0 Å². The molecule has 17 heavy (non-hydrogen) atoms. The fourth-order valence-corrected chi connectivity index (χ4v) is 1.51. The van der Waals surface area contributed by atoms with Crippen LogP contribution in [0.5, 0.6) is 5.75 Å². The molecule has 0 atom stereocenters. The normalized spacial score (nSPS) is 10.4. The number of carbonyl (C=O) groups excluding carboxylic acids is 1. The first-order valence-corrected chi connectivity index (χ1v) is 5.76. The van der Waals surface area contributed by atoms with Gasteiger partial charge in [0.05, 0.1) is 12.8 Å². The largest absolute Gasteiger partial charge is 0.495 e. The van der Waals surface area contributed by atoms with Crippen molar-refractivity contribution in [3.05, 3.63) is 23.8 Å². The molecule has 0 unspecified atom stereocenters. The van der Waals surface area contributed by atoms with Crippen LogP contribution in [0.4, 0.5) is 5.69 Å². The third-order valence-corrected chi connectivity index (χ3v) is 2.54. The monoisotopic (exact) mass is 236 g/mol. The zero-order valence-corrected chi connectivity index (χ0v) is 10.6. The molecule has 0 bridgehead atoms. The molecular formula is C13H20N2O2. The quantitative estimate of drug-likeness (QED) is 0.823. The summed E-state index contributed by atoms with van der Waals surface area (Å²) >= 11 is 0. The Morgan fingerprint density at radius 3 is 2.71 bits per heavy atom. The van der Waals surface area contributed by atoms with E-state index in [4.69, 9.17) is 10.5 Å². The summed E-state index contributed by atoms with van der Waals surface area (Å²) in [6.07, 6.45) is 0.315. The first-order chi connectivity index (χ1) is 8.08. The smallest absolute Gasteiger partial charge is 0.225 e. The number of hydrogen-bond donors (Lipinski definition) is 2. The van der Waals surface area contributed by atoms with E-state index in [0.717, 1.165) is 0 Å². The molecule has 1 aromatic carbocycles. The van der Waals surface area contributed by atoms with E-state index in [0.29, 0.717) is 30.3 Å². The van der Waals surface area contributed by atoms with Gasteiger partial charge in [-0.3, -0.25) is 4.79 Å². The topological polar surface area (TPSA) is 64.3 Å². The van der Waals surface area contributed by atoms with E-state index in [1.165, 1.54) is 5.56 Å². The third kappa shape index (κ3) is 3.75. The number of methoxy groups -OCH3 is 1. The van der Waals surface area contributed by atoms with E-state index in [1.807, 2.05) is 18.2 Å². The minimum atomic E-state index is -0.0944. The molecule has 0 aliphatic carbocycles. The molecule has 0 aliphatic heterocycles. The molecule has 0 saturated carbocycles. The molecule has 0 spiro atoms. The molecule has 0 aromatic heterocycles. The van der Waals surface area contributed by atoms with E-state index in [2.05, 4.69) is 19.2 Å². The second-order valence-corrected chi connectivity index (χ2v) is 4.20. The van der Waals surface area contributed by atoms with Crippen molar-refractivity contribution < 1.29 is 9.53 Å². The Hall–Kier alpha value is -1.55. The molecule has 0 heterocycles. The van der Waals surface area contributed by atoms with Gasteiger partial charge in [-0.1, -0.05) is 19.9 Å². The SMILES string of the molecule is COc1cc(C(C)C)ccc1NC(=O)CCN. The predicted molar refractivity (Wildman–Crippen MR) is 69.4 cm³/mol. The lowest BCUT2D eigenvalue weighted by Crippen LogP contribution is -2.16. The van der Waals surface area contributed by atoms with Crippen LogP contribution < -0.4 is 15.8 Å². The van der Waals surface area contributed by atoms with Crippen molar-refractivity contribution >= 4 is 11.6 Å². The van der Waals surface area contributed by atoms with Crippen molar-refractivity contribution in [2.45, 2.75) is 26.2 Å². The van der Waals surface area contributed by atoms with Gasteiger partial charge < -0.3 is 15.8 Å². The minimum absolute atomic E-state index is 0.0944. The van der Waals surface area contributed by atoms with Gasteiger partial charge in [0.25, 0.3) is 0 Å². The van der Waals surface area contributed by atoms with Gasteiger partial charge in [0, 0.05) is 13.0 Å². The molecule has 0 radical (unpaired) electrons. The average molecular weight is 236 g/mol. The zero-order valence-electron chi connectivity index (χ0n) is 10.6. The molecule has 4 nitrogen and oxygen atoms in total. The highest BCUT2D eigenvalue weighted by molar-refractivity contribution is 5.92. The number of anilines is 1. The molecule has 0 saturated heterocycles. The van der Waals surface area contributed by atoms with Crippen molar-refractivity contribution in [3.8, 4) is 5.75 Å². The number of benzene rings is 1. The molecule has 4 heteroatoms. The molecule has 0 aliphatic rings. The van der Waals surface area contributed by atoms with Gasteiger partial charge in [-0.25, -0.2) is 0 Å². The van der Waals surface area contributed by atoms with Gasteiger partial charge in [-0.15, -0.1) is 0 Å². The molecule has 94 valence electrons. The second-order valence-electron chi connectivity index (χ2n) is 4.20. The number of carbonyl (C=O) groups is 1. The van der Waals surface area contributed by atoms with Crippen LogP contribution in [0, 0.1) is 0 Å².